The predicted molar refractivity (Wildman–Crippen MR) is 109 cm³/mol. The second-order valence-electron chi connectivity index (χ2n) is 6.59. The Balaban J connectivity index is 1.68. The number of hydrogen-bond donors (Lipinski definition) is 0. The third kappa shape index (κ3) is 3.75. The lowest BCUT2D eigenvalue weighted by molar-refractivity contribution is 0.0518. The van der Waals surface area contributed by atoms with Crippen LogP contribution >= 0.6 is 11.3 Å². The molecule has 0 spiro atoms. The molecule has 1 fully saturated rings. The van der Waals surface area contributed by atoms with Crippen LogP contribution in [0.2, 0.25) is 0 Å². The molecule has 2 aromatic heterocycles. The first kappa shape index (κ1) is 18.6. The molecule has 0 saturated heterocycles. The summed E-state index contributed by atoms with van der Waals surface area (Å²) in [5.41, 5.74) is 1.88. The van der Waals surface area contributed by atoms with Gasteiger partial charge in [0.05, 0.1) is 26.0 Å². The maximum absolute atomic E-state index is 12.4. The number of nitrogens with zero attached hydrogens (tertiary/aromatic N) is 2. The standard InChI is InChI=1S/C21H22N2O4S/c1-3-26-20(24)18-16(22-21-23(18)11-12-28-21)10-9-15-5-4-6-17(25-2)19(15)27-13-14-7-8-14/h4-6,9-12,14H,3,7-8,13H2,1-2H3/b10-9+. The molecule has 0 radical (unpaired) electrons. The van der Waals surface area contributed by atoms with Crippen LogP contribution in [-0.2, 0) is 4.74 Å². The second-order valence-corrected chi connectivity index (χ2v) is 7.46. The highest BCUT2D eigenvalue weighted by atomic mass is 32.1. The highest BCUT2D eigenvalue weighted by Crippen LogP contribution is 2.36. The van der Waals surface area contributed by atoms with Crippen LogP contribution in [0.15, 0.2) is 29.8 Å². The highest BCUT2D eigenvalue weighted by Gasteiger charge is 2.23. The van der Waals surface area contributed by atoms with E-state index in [1.807, 2.05) is 41.9 Å². The molecule has 1 saturated carbocycles. The molecule has 4 rings (SSSR count). The van der Waals surface area contributed by atoms with Crippen molar-refractivity contribution in [3.05, 3.63) is 46.7 Å². The minimum absolute atomic E-state index is 0.314. The SMILES string of the molecule is CCOC(=O)c1c(/C=C/c2cccc(OC)c2OCC2CC2)nc2sccn12. The van der Waals surface area contributed by atoms with Crippen LogP contribution in [0.4, 0.5) is 0 Å². The first-order valence-corrected chi connectivity index (χ1v) is 10.2. The van der Waals surface area contributed by atoms with Crippen molar-refractivity contribution in [3.63, 3.8) is 0 Å². The Kier molecular flexibility index (Phi) is 5.34. The third-order valence-electron chi connectivity index (χ3n) is 4.57. The first-order valence-electron chi connectivity index (χ1n) is 9.31. The molecule has 0 amide bonds. The largest absolute Gasteiger partial charge is 0.493 e. The highest BCUT2D eigenvalue weighted by molar-refractivity contribution is 7.15. The average Bonchev–Trinajstić information content (AvgIpc) is 3.31. The smallest absolute Gasteiger partial charge is 0.357 e. The lowest BCUT2D eigenvalue weighted by atomic mass is 10.1. The first-order chi connectivity index (χ1) is 13.7. The zero-order valence-electron chi connectivity index (χ0n) is 15.9. The second kappa shape index (κ2) is 8.06. The molecule has 7 heteroatoms. The van der Waals surface area contributed by atoms with Crippen LogP contribution in [0.3, 0.4) is 0 Å². The van der Waals surface area contributed by atoms with Crippen molar-refractivity contribution in [3.8, 4) is 11.5 Å². The Bertz CT molecular complexity index is 1020. The summed E-state index contributed by atoms with van der Waals surface area (Å²) < 4.78 is 18.5. The normalized spacial score (nSPS) is 13.9. The molecule has 0 unspecified atom stereocenters. The topological polar surface area (TPSA) is 62.1 Å². The number of imidazole rings is 1. The van der Waals surface area contributed by atoms with E-state index in [2.05, 4.69) is 4.98 Å². The van der Waals surface area contributed by atoms with Gasteiger partial charge in [-0.1, -0.05) is 12.1 Å². The number of aromatic nitrogens is 2. The van der Waals surface area contributed by atoms with E-state index in [1.54, 1.807) is 18.4 Å². The van der Waals surface area contributed by atoms with Crippen molar-refractivity contribution in [1.82, 2.24) is 9.38 Å². The Labute approximate surface area is 167 Å². The quantitative estimate of drug-likeness (QED) is 0.521. The average molecular weight is 398 g/mol. The van der Waals surface area contributed by atoms with Gasteiger partial charge in [0.25, 0.3) is 0 Å². The van der Waals surface area contributed by atoms with Gasteiger partial charge in [-0.2, -0.15) is 0 Å². The molecule has 146 valence electrons. The third-order valence-corrected chi connectivity index (χ3v) is 5.32. The fourth-order valence-corrected chi connectivity index (χ4v) is 3.68. The maximum atomic E-state index is 12.4. The van der Waals surface area contributed by atoms with Crippen LogP contribution in [0.1, 0.15) is 41.5 Å². The number of rotatable bonds is 8. The lowest BCUT2D eigenvalue weighted by Crippen LogP contribution is -2.08. The molecule has 1 aliphatic carbocycles. The van der Waals surface area contributed by atoms with Crippen LogP contribution in [-0.4, -0.2) is 35.7 Å². The van der Waals surface area contributed by atoms with E-state index in [-0.39, 0.29) is 5.97 Å². The van der Waals surface area contributed by atoms with Crippen LogP contribution in [0.5, 0.6) is 11.5 Å². The van der Waals surface area contributed by atoms with Crippen molar-refractivity contribution < 1.29 is 19.0 Å². The van der Waals surface area contributed by atoms with Crippen molar-refractivity contribution in [1.29, 1.82) is 0 Å². The van der Waals surface area contributed by atoms with E-state index in [1.165, 1.54) is 24.2 Å². The molecule has 0 bridgehead atoms. The van der Waals surface area contributed by atoms with Gasteiger partial charge in [0, 0.05) is 17.1 Å². The Morgan fingerprint density at radius 2 is 2.21 bits per heavy atom. The van der Waals surface area contributed by atoms with Gasteiger partial charge in [0.1, 0.15) is 0 Å². The number of benzene rings is 1. The summed E-state index contributed by atoms with van der Waals surface area (Å²) in [4.78, 5) is 17.8. The molecule has 6 nitrogen and oxygen atoms in total. The zero-order chi connectivity index (χ0) is 19.5. The number of methoxy groups -OCH3 is 1. The van der Waals surface area contributed by atoms with Crippen LogP contribution in [0, 0.1) is 5.92 Å². The van der Waals surface area contributed by atoms with Gasteiger partial charge in [-0.05, 0) is 43.9 Å². The number of carbonyl (C=O) groups is 1. The van der Waals surface area contributed by atoms with Gasteiger partial charge in [-0.15, -0.1) is 11.3 Å². The number of para-hydroxylation sites is 1. The number of fused-ring (bicyclic) bond motifs is 1. The molecule has 3 aromatic rings. The summed E-state index contributed by atoms with van der Waals surface area (Å²) in [5.74, 6) is 1.66. The van der Waals surface area contributed by atoms with Crippen molar-refractivity contribution in [2.45, 2.75) is 19.8 Å². The maximum Gasteiger partial charge on any atom is 0.357 e. The van der Waals surface area contributed by atoms with Gasteiger partial charge in [0.15, 0.2) is 22.2 Å². The minimum atomic E-state index is -0.385. The van der Waals surface area contributed by atoms with Crippen molar-refractivity contribution in [2.75, 3.05) is 20.3 Å². The van der Waals surface area contributed by atoms with Gasteiger partial charge >= 0.3 is 5.97 Å². The number of carbonyl (C=O) groups excluding carboxylic acids is 1. The summed E-state index contributed by atoms with van der Waals surface area (Å²) in [5, 5.41) is 1.89. The van der Waals surface area contributed by atoms with E-state index in [0.717, 1.165) is 10.5 Å². The summed E-state index contributed by atoms with van der Waals surface area (Å²) in [7, 11) is 1.63. The fraction of sp³-hybridized carbons (Fsp3) is 0.333. The zero-order valence-corrected chi connectivity index (χ0v) is 16.7. The van der Waals surface area contributed by atoms with Crippen LogP contribution < -0.4 is 9.47 Å². The Morgan fingerprint density at radius 3 is 2.96 bits per heavy atom. The molecular formula is C21H22N2O4S. The molecule has 0 aliphatic heterocycles. The molecule has 0 atom stereocenters. The van der Waals surface area contributed by atoms with Crippen LogP contribution in [0.25, 0.3) is 17.1 Å². The Morgan fingerprint density at radius 1 is 1.36 bits per heavy atom. The Hall–Kier alpha value is -2.80. The number of hydrogen-bond acceptors (Lipinski definition) is 6. The molecular weight excluding hydrogens is 376 g/mol. The predicted octanol–water partition coefficient (Wildman–Crippen LogP) is 4.54. The van der Waals surface area contributed by atoms with E-state index >= 15 is 0 Å². The minimum Gasteiger partial charge on any atom is -0.493 e. The van der Waals surface area contributed by atoms with Gasteiger partial charge < -0.3 is 14.2 Å². The monoisotopic (exact) mass is 398 g/mol. The summed E-state index contributed by atoms with van der Waals surface area (Å²) >= 11 is 1.47. The molecule has 28 heavy (non-hydrogen) atoms. The van der Waals surface area contributed by atoms with Gasteiger partial charge in [-0.25, -0.2) is 9.78 Å². The molecule has 1 aliphatic rings. The number of thiazole rings is 1. The molecule has 2 heterocycles. The number of ether oxygens (including phenoxy) is 3. The summed E-state index contributed by atoms with van der Waals surface area (Å²) in [6, 6.07) is 5.76. The summed E-state index contributed by atoms with van der Waals surface area (Å²) in [6.07, 6.45) is 7.99. The fourth-order valence-electron chi connectivity index (χ4n) is 2.95. The van der Waals surface area contributed by atoms with E-state index < -0.39 is 0 Å². The number of esters is 1. The van der Waals surface area contributed by atoms with Crippen molar-refractivity contribution in [2.24, 2.45) is 5.92 Å². The summed E-state index contributed by atoms with van der Waals surface area (Å²) in [6.45, 7) is 2.79. The molecule has 0 N–H and O–H groups in total. The van der Waals surface area contributed by atoms with E-state index in [0.29, 0.717) is 42.0 Å². The van der Waals surface area contributed by atoms with E-state index in [9.17, 15) is 4.79 Å². The van der Waals surface area contributed by atoms with E-state index in [4.69, 9.17) is 14.2 Å². The lowest BCUT2D eigenvalue weighted by Gasteiger charge is -2.13. The van der Waals surface area contributed by atoms with Gasteiger partial charge in [-0.3, -0.25) is 4.40 Å². The van der Waals surface area contributed by atoms with Crippen molar-refractivity contribution >= 4 is 34.4 Å². The molecule has 1 aromatic carbocycles. The van der Waals surface area contributed by atoms with Gasteiger partial charge in [0.2, 0.25) is 0 Å².